The highest BCUT2D eigenvalue weighted by atomic mass is 35.5. The Bertz CT molecular complexity index is 1360. The fourth-order valence-corrected chi connectivity index (χ4v) is 4.00. The van der Waals surface area contributed by atoms with Crippen LogP contribution in [0.1, 0.15) is 33.9 Å². The van der Waals surface area contributed by atoms with Crippen LogP contribution in [-0.4, -0.2) is 25.7 Å². The first-order chi connectivity index (χ1) is 15.4. The van der Waals surface area contributed by atoms with Crippen LogP contribution in [0.4, 0.5) is 13.9 Å². The molecule has 0 radical (unpaired) electrons. The summed E-state index contributed by atoms with van der Waals surface area (Å²) in [7, 11) is 0. The summed E-state index contributed by atoms with van der Waals surface area (Å²) < 4.78 is 29.0. The van der Waals surface area contributed by atoms with Gasteiger partial charge >= 0.3 is 0 Å². The molecule has 32 heavy (non-hydrogen) atoms. The lowest BCUT2D eigenvalue weighted by Crippen LogP contribution is -2.15. The third kappa shape index (κ3) is 4.08. The van der Waals surface area contributed by atoms with Gasteiger partial charge in [-0.2, -0.15) is 10.4 Å². The summed E-state index contributed by atoms with van der Waals surface area (Å²) in [6.07, 6.45) is -2.97. The Morgan fingerprint density at radius 3 is 2.69 bits per heavy atom. The molecule has 1 N–H and O–H groups in total. The maximum Gasteiger partial charge on any atom is 0.281 e. The van der Waals surface area contributed by atoms with Crippen LogP contribution in [0.5, 0.6) is 0 Å². The number of hydrogen-bond donors (Lipinski definition) is 1. The molecular weight excluding hydrogens is 458 g/mol. The molecule has 4 rings (SSSR count). The van der Waals surface area contributed by atoms with Crippen molar-refractivity contribution >= 4 is 34.0 Å². The van der Waals surface area contributed by atoms with E-state index in [9.17, 15) is 13.6 Å². The smallest absolute Gasteiger partial charge is 0.281 e. The number of carbonyl (C=O) groups is 1. The van der Waals surface area contributed by atoms with E-state index in [1.54, 1.807) is 41.8 Å². The molecule has 0 unspecified atom stereocenters. The summed E-state index contributed by atoms with van der Waals surface area (Å²) in [6, 6.07) is 13.2. The molecule has 3 heterocycles. The van der Waals surface area contributed by atoms with Gasteiger partial charge in [0, 0.05) is 5.38 Å². The van der Waals surface area contributed by atoms with E-state index in [4.69, 9.17) is 16.9 Å². The number of nitrogens with zero attached hydrogens (tertiary/aromatic N) is 5. The molecule has 0 aliphatic heterocycles. The molecule has 4 aromatic rings. The summed E-state index contributed by atoms with van der Waals surface area (Å²) in [5.41, 5.74) is 0.682. The van der Waals surface area contributed by atoms with Crippen LogP contribution in [0.3, 0.4) is 0 Å². The lowest BCUT2D eigenvalue weighted by Gasteiger charge is -2.10. The molecule has 0 saturated heterocycles. The molecule has 0 saturated carbocycles. The van der Waals surface area contributed by atoms with Gasteiger partial charge in [0.15, 0.2) is 5.13 Å². The first-order valence-electron chi connectivity index (χ1n) is 9.16. The lowest BCUT2D eigenvalue weighted by molar-refractivity contribution is 0.100. The van der Waals surface area contributed by atoms with Gasteiger partial charge in [-0.05, 0) is 31.2 Å². The van der Waals surface area contributed by atoms with E-state index in [0.29, 0.717) is 11.4 Å². The second-order valence-electron chi connectivity index (χ2n) is 6.52. The zero-order valence-electron chi connectivity index (χ0n) is 16.4. The predicted molar refractivity (Wildman–Crippen MR) is 116 cm³/mol. The summed E-state index contributed by atoms with van der Waals surface area (Å²) in [5, 5.41) is 17.7. The minimum atomic E-state index is -2.97. The van der Waals surface area contributed by atoms with Crippen LogP contribution >= 0.6 is 22.9 Å². The van der Waals surface area contributed by atoms with Gasteiger partial charge in [0.05, 0.1) is 27.7 Å². The van der Waals surface area contributed by atoms with Gasteiger partial charge in [-0.25, -0.2) is 23.4 Å². The summed E-state index contributed by atoms with van der Waals surface area (Å²) in [4.78, 5) is 21.4. The maximum absolute atomic E-state index is 14.0. The topological polar surface area (TPSA) is 96.5 Å². The minimum absolute atomic E-state index is 0.123. The monoisotopic (exact) mass is 470 g/mol. The molecular formula is C21H13ClF2N6OS. The van der Waals surface area contributed by atoms with E-state index in [1.165, 1.54) is 13.0 Å². The first kappa shape index (κ1) is 21.5. The number of anilines is 1. The van der Waals surface area contributed by atoms with Crippen molar-refractivity contribution in [3.05, 3.63) is 75.5 Å². The van der Waals surface area contributed by atoms with Crippen molar-refractivity contribution in [2.45, 2.75) is 13.3 Å². The zero-order chi connectivity index (χ0) is 22.8. The normalized spacial score (nSPS) is 10.9. The standard InChI is InChI=1S/C21H13ClF2N6OS/c1-11-17(18(19(23)24)30(29-11)16-8-3-2-6-13(16)22)20(31)28-21-27-15(10-32-21)14-7-4-5-12(9-25)26-14/h2-8,10,19H,1H3,(H,27,28,31). The highest BCUT2D eigenvalue weighted by molar-refractivity contribution is 7.14. The van der Waals surface area contributed by atoms with Crippen molar-refractivity contribution in [2.24, 2.45) is 0 Å². The molecule has 1 amide bonds. The number of nitriles is 1. The number of carbonyl (C=O) groups excluding carboxylic acids is 1. The Hall–Kier alpha value is -3.68. The number of benzene rings is 1. The van der Waals surface area contributed by atoms with E-state index in [0.717, 1.165) is 16.0 Å². The molecule has 1 aromatic carbocycles. The number of amides is 1. The van der Waals surface area contributed by atoms with Crippen molar-refractivity contribution < 1.29 is 13.6 Å². The molecule has 0 atom stereocenters. The van der Waals surface area contributed by atoms with E-state index in [2.05, 4.69) is 20.4 Å². The number of hydrogen-bond acceptors (Lipinski definition) is 6. The van der Waals surface area contributed by atoms with Crippen molar-refractivity contribution in [3.63, 3.8) is 0 Å². The number of rotatable bonds is 5. The number of thiazole rings is 1. The van der Waals surface area contributed by atoms with Crippen molar-refractivity contribution in [1.29, 1.82) is 5.26 Å². The molecule has 160 valence electrons. The largest absolute Gasteiger partial charge is 0.298 e. The molecule has 3 aromatic heterocycles. The van der Waals surface area contributed by atoms with Gasteiger partial charge in [-0.15, -0.1) is 11.3 Å². The predicted octanol–water partition coefficient (Wildman–Crippen LogP) is 5.41. The number of para-hydroxylation sites is 1. The molecule has 7 nitrogen and oxygen atoms in total. The Labute approximate surface area is 189 Å². The van der Waals surface area contributed by atoms with Gasteiger partial charge in [0.2, 0.25) is 0 Å². The number of alkyl halides is 2. The van der Waals surface area contributed by atoms with Crippen molar-refractivity contribution in [3.8, 4) is 23.1 Å². The third-order valence-corrected chi connectivity index (χ3v) is 5.54. The second-order valence-corrected chi connectivity index (χ2v) is 7.79. The minimum Gasteiger partial charge on any atom is -0.298 e. The van der Waals surface area contributed by atoms with Crippen LogP contribution in [0.15, 0.2) is 47.8 Å². The van der Waals surface area contributed by atoms with Gasteiger partial charge < -0.3 is 0 Å². The van der Waals surface area contributed by atoms with Gasteiger partial charge in [-0.1, -0.05) is 29.8 Å². The van der Waals surface area contributed by atoms with Crippen LogP contribution < -0.4 is 5.32 Å². The molecule has 0 aliphatic carbocycles. The quantitative estimate of drug-likeness (QED) is 0.420. The number of aryl methyl sites for hydroxylation is 1. The van der Waals surface area contributed by atoms with E-state index >= 15 is 0 Å². The molecule has 11 heteroatoms. The zero-order valence-corrected chi connectivity index (χ0v) is 18.0. The van der Waals surface area contributed by atoms with Crippen molar-refractivity contribution in [1.82, 2.24) is 19.7 Å². The van der Waals surface area contributed by atoms with E-state index < -0.39 is 18.0 Å². The van der Waals surface area contributed by atoms with E-state index in [-0.39, 0.29) is 32.8 Å². The Balaban J connectivity index is 1.67. The van der Waals surface area contributed by atoms with Crippen LogP contribution in [0.25, 0.3) is 17.1 Å². The summed E-state index contributed by atoms with van der Waals surface area (Å²) in [5.74, 6) is -0.768. The average molecular weight is 471 g/mol. The van der Waals surface area contributed by atoms with Gasteiger partial charge in [0.25, 0.3) is 12.3 Å². The van der Waals surface area contributed by atoms with Gasteiger partial charge in [-0.3, -0.25) is 10.1 Å². The fraction of sp³-hybridized carbons (Fsp3) is 0.0952. The SMILES string of the molecule is Cc1nn(-c2ccccc2Cl)c(C(F)F)c1C(=O)Nc1nc(-c2cccc(C#N)n2)cs1. The average Bonchev–Trinajstić information content (AvgIpc) is 3.38. The first-order valence-corrected chi connectivity index (χ1v) is 10.4. The van der Waals surface area contributed by atoms with Crippen LogP contribution in [0.2, 0.25) is 5.02 Å². The van der Waals surface area contributed by atoms with Crippen LogP contribution in [-0.2, 0) is 0 Å². The second kappa shape index (κ2) is 8.82. The molecule has 0 aliphatic rings. The number of pyridine rings is 1. The Morgan fingerprint density at radius 1 is 1.19 bits per heavy atom. The number of aromatic nitrogens is 4. The summed E-state index contributed by atoms with van der Waals surface area (Å²) >= 11 is 7.25. The van der Waals surface area contributed by atoms with Gasteiger partial charge in [0.1, 0.15) is 23.2 Å². The molecule has 0 fully saturated rings. The maximum atomic E-state index is 14.0. The van der Waals surface area contributed by atoms with Crippen molar-refractivity contribution in [2.75, 3.05) is 5.32 Å². The third-order valence-electron chi connectivity index (χ3n) is 4.46. The van der Waals surface area contributed by atoms with E-state index in [1.807, 2.05) is 6.07 Å². The highest BCUT2D eigenvalue weighted by Gasteiger charge is 2.29. The number of halogens is 3. The molecule has 0 bridgehead atoms. The highest BCUT2D eigenvalue weighted by Crippen LogP contribution is 2.32. The molecule has 0 spiro atoms. The van der Waals surface area contributed by atoms with Crippen LogP contribution in [0, 0.1) is 18.3 Å². The lowest BCUT2D eigenvalue weighted by atomic mass is 10.1. The number of nitrogens with one attached hydrogen (secondary N) is 1. The Morgan fingerprint density at radius 2 is 1.97 bits per heavy atom. The Kier molecular flexibility index (Phi) is 5.94. The summed E-state index contributed by atoms with van der Waals surface area (Å²) in [6.45, 7) is 1.47. The fourth-order valence-electron chi connectivity index (χ4n) is 3.08.